The van der Waals surface area contributed by atoms with Crippen molar-refractivity contribution in [2.75, 3.05) is 5.73 Å². The van der Waals surface area contributed by atoms with Crippen LogP contribution in [0, 0.1) is 0 Å². The molecule has 0 aliphatic rings. The molecule has 136 valence electrons. The first-order chi connectivity index (χ1) is 13.1. The van der Waals surface area contributed by atoms with Crippen LogP contribution in [0.2, 0.25) is 0 Å². The Bertz CT molecular complexity index is 935. The van der Waals surface area contributed by atoms with Crippen LogP contribution in [-0.4, -0.2) is 11.6 Å². The second-order valence-corrected chi connectivity index (χ2v) is 6.03. The van der Waals surface area contributed by atoms with Crippen LogP contribution in [0.25, 0.3) is 0 Å². The van der Waals surface area contributed by atoms with E-state index in [2.05, 4.69) is 10.5 Å². The van der Waals surface area contributed by atoms with E-state index in [1.165, 1.54) is 0 Å². The molecule has 1 amide bonds. The molecule has 0 saturated carbocycles. The van der Waals surface area contributed by atoms with Crippen LogP contribution in [0.5, 0.6) is 5.75 Å². The van der Waals surface area contributed by atoms with Crippen molar-refractivity contribution in [3.05, 3.63) is 95.6 Å². The number of para-hydroxylation sites is 1. The molecule has 5 heteroatoms. The first kappa shape index (κ1) is 18.2. The molecule has 0 heterocycles. The van der Waals surface area contributed by atoms with E-state index in [1.54, 1.807) is 30.3 Å². The minimum absolute atomic E-state index is 0.326. The summed E-state index contributed by atoms with van der Waals surface area (Å²) in [6.07, 6.45) is 0. The lowest BCUT2D eigenvalue weighted by Gasteiger charge is -2.11. The van der Waals surface area contributed by atoms with Gasteiger partial charge in [0.2, 0.25) is 0 Å². The lowest BCUT2D eigenvalue weighted by molar-refractivity contribution is 0.0950. The van der Waals surface area contributed by atoms with E-state index in [0.29, 0.717) is 29.3 Å². The number of rotatable bonds is 6. The molecule has 0 unspecified atom stereocenters. The van der Waals surface area contributed by atoms with E-state index in [0.717, 1.165) is 11.1 Å². The molecule has 0 bridgehead atoms. The maximum Gasteiger partial charge on any atom is 0.275 e. The number of hydrazone groups is 1. The van der Waals surface area contributed by atoms with Gasteiger partial charge in [0, 0.05) is 5.69 Å². The van der Waals surface area contributed by atoms with Crippen LogP contribution in [0.15, 0.2) is 84.0 Å². The maximum absolute atomic E-state index is 12.5. The summed E-state index contributed by atoms with van der Waals surface area (Å²) in [7, 11) is 0. The zero-order chi connectivity index (χ0) is 19.1. The summed E-state index contributed by atoms with van der Waals surface area (Å²) in [5, 5.41) is 4.18. The molecule has 0 spiro atoms. The van der Waals surface area contributed by atoms with Crippen molar-refractivity contribution in [3.8, 4) is 5.75 Å². The molecule has 0 aromatic heterocycles. The Balaban J connectivity index is 1.69. The van der Waals surface area contributed by atoms with Crippen molar-refractivity contribution in [1.29, 1.82) is 0 Å². The van der Waals surface area contributed by atoms with Crippen LogP contribution in [0.1, 0.15) is 28.4 Å². The standard InChI is InChI=1S/C22H21N3O2/c1-16(18-11-13-19(23)14-12-18)24-25-22(26)20-9-5-6-10-21(20)27-15-17-7-3-2-4-8-17/h2-14H,15,23H2,1H3,(H,25,26)/b24-16+. The second-order valence-electron chi connectivity index (χ2n) is 6.03. The number of carbonyl (C=O) groups is 1. The molecular weight excluding hydrogens is 338 g/mol. The Morgan fingerprint density at radius 2 is 1.63 bits per heavy atom. The molecule has 0 aliphatic heterocycles. The zero-order valence-corrected chi connectivity index (χ0v) is 15.1. The Morgan fingerprint density at radius 1 is 0.963 bits per heavy atom. The van der Waals surface area contributed by atoms with Crippen LogP contribution >= 0.6 is 0 Å². The van der Waals surface area contributed by atoms with Gasteiger partial charge in [0.1, 0.15) is 12.4 Å². The smallest absolute Gasteiger partial charge is 0.275 e. The largest absolute Gasteiger partial charge is 0.488 e. The molecule has 3 rings (SSSR count). The molecule has 0 atom stereocenters. The number of nitrogen functional groups attached to an aromatic ring is 1. The molecule has 0 fully saturated rings. The van der Waals surface area contributed by atoms with E-state index in [-0.39, 0.29) is 5.91 Å². The third-order valence-electron chi connectivity index (χ3n) is 4.02. The van der Waals surface area contributed by atoms with E-state index in [4.69, 9.17) is 10.5 Å². The minimum atomic E-state index is -0.326. The van der Waals surface area contributed by atoms with Crippen molar-refractivity contribution >= 4 is 17.3 Å². The second kappa shape index (κ2) is 8.67. The average Bonchev–Trinajstić information content (AvgIpc) is 2.71. The lowest BCUT2D eigenvalue weighted by Crippen LogP contribution is -2.20. The Kier molecular flexibility index (Phi) is 5.84. The SMILES string of the molecule is C/C(=N\NC(=O)c1ccccc1OCc1ccccc1)c1ccc(N)cc1. The summed E-state index contributed by atoms with van der Waals surface area (Å²) in [4.78, 5) is 12.5. The van der Waals surface area contributed by atoms with Gasteiger partial charge in [0.05, 0.1) is 11.3 Å². The predicted molar refractivity (Wildman–Crippen MR) is 108 cm³/mol. The number of hydrogen-bond acceptors (Lipinski definition) is 4. The van der Waals surface area contributed by atoms with Crippen LogP contribution in [0.4, 0.5) is 5.69 Å². The highest BCUT2D eigenvalue weighted by Gasteiger charge is 2.12. The van der Waals surface area contributed by atoms with Gasteiger partial charge < -0.3 is 10.5 Å². The fourth-order valence-corrected chi connectivity index (χ4v) is 2.50. The monoisotopic (exact) mass is 359 g/mol. The normalized spacial score (nSPS) is 11.1. The summed E-state index contributed by atoms with van der Waals surface area (Å²) in [5.41, 5.74) is 12.0. The molecule has 5 nitrogen and oxygen atoms in total. The van der Waals surface area contributed by atoms with E-state index < -0.39 is 0 Å². The van der Waals surface area contributed by atoms with Crippen LogP contribution in [0.3, 0.4) is 0 Å². The number of ether oxygens (including phenoxy) is 1. The Hall–Kier alpha value is -3.60. The zero-order valence-electron chi connectivity index (χ0n) is 15.1. The third-order valence-corrected chi connectivity index (χ3v) is 4.02. The van der Waals surface area contributed by atoms with Crippen molar-refractivity contribution < 1.29 is 9.53 Å². The van der Waals surface area contributed by atoms with Crippen molar-refractivity contribution in [2.24, 2.45) is 5.10 Å². The van der Waals surface area contributed by atoms with Gasteiger partial charge in [-0.2, -0.15) is 5.10 Å². The summed E-state index contributed by atoms with van der Waals surface area (Å²) < 4.78 is 5.83. The minimum Gasteiger partial charge on any atom is -0.488 e. The topological polar surface area (TPSA) is 76.7 Å². The number of carbonyl (C=O) groups excluding carboxylic acids is 1. The number of hydrogen-bond donors (Lipinski definition) is 2. The quantitative estimate of drug-likeness (QED) is 0.397. The fraction of sp³-hybridized carbons (Fsp3) is 0.0909. The van der Waals surface area contributed by atoms with Crippen LogP contribution in [-0.2, 0) is 6.61 Å². The van der Waals surface area contributed by atoms with E-state index in [9.17, 15) is 4.79 Å². The average molecular weight is 359 g/mol. The summed E-state index contributed by atoms with van der Waals surface area (Å²) in [5.74, 6) is 0.188. The summed E-state index contributed by atoms with van der Waals surface area (Å²) in [6.45, 7) is 2.21. The van der Waals surface area contributed by atoms with Gasteiger partial charge in [-0.3, -0.25) is 4.79 Å². The highest BCUT2D eigenvalue weighted by atomic mass is 16.5. The summed E-state index contributed by atoms with van der Waals surface area (Å²) >= 11 is 0. The number of anilines is 1. The number of nitrogens with one attached hydrogen (secondary N) is 1. The molecule has 0 saturated heterocycles. The fourth-order valence-electron chi connectivity index (χ4n) is 2.50. The molecular formula is C22H21N3O2. The number of benzene rings is 3. The maximum atomic E-state index is 12.5. The molecule has 27 heavy (non-hydrogen) atoms. The van der Waals surface area contributed by atoms with Crippen LogP contribution < -0.4 is 15.9 Å². The first-order valence-electron chi connectivity index (χ1n) is 8.60. The number of nitrogens with two attached hydrogens (primary N) is 1. The lowest BCUT2D eigenvalue weighted by atomic mass is 10.1. The number of amides is 1. The molecule has 3 aromatic carbocycles. The van der Waals surface area contributed by atoms with Gasteiger partial charge in [-0.25, -0.2) is 5.43 Å². The first-order valence-corrected chi connectivity index (χ1v) is 8.60. The van der Waals surface area contributed by atoms with E-state index >= 15 is 0 Å². The van der Waals surface area contributed by atoms with Crippen molar-refractivity contribution in [3.63, 3.8) is 0 Å². The van der Waals surface area contributed by atoms with Crippen molar-refractivity contribution in [2.45, 2.75) is 13.5 Å². The Morgan fingerprint density at radius 3 is 2.37 bits per heavy atom. The molecule has 0 aliphatic carbocycles. The van der Waals surface area contributed by atoms with Gasteiger partial charge >= 0.3 is 0 Å². The highest BCUT2D eigenvalue weighted by Crippen LogP contribution is 2.19. The number of nitrogens with zero attached hydrogens (tertiary/aromatic N) is 1. The van der Waals surface area contributed by atoms with Gasteiger partial charge in [-0.05, 0) is 42.3 Å². The highest BCUT2D eigenvalue weighted by molar-refractivity contribution is 6.01. The van der Waals surface area contributed by atoms with Gasteiger partial charge in [-0.1, -0.05) is 54.6 Å². The molecule has 3 aromatic rings. The van der Waals surface area contributed by atoms with Gasteiger partial charge in [0.15, 0.2) is 0 Å². The molecule has 0 radical (unpaired) electrons. The summed E-state index contributed by atoms with van der Waals surface area (Å²) in [6, 6.07) is 24.2. The third kappa shape index (κ3) is 4.95. The predicted octanol–water partition coefficient (Wildman–Crippen LogP) is 4.00. The van der Waals surface area contributed by atoms with Gasteiger partial charge in [0.25, 0.3) is 5.91 Å². The molecule has 3 N–H and O–H groups in total. The Labute approximate surface area is 158 Å². The van der Waals surface area contributed by atoms with E-state index in [1.807, 2.05) is 55.5 Å². The van der Waals surface area contributed by atoms with Gasteiger partial charge in [-0.15, -0.1) is 0 Å². The van der Waals surface area contributed by atoms with Crippen molar-refractivity contribution in [1.82, 2.24) is 5.43 Å².